The number of hydrogen-bond acceptors (Lipinski definition) is 4. The fraction of sp³-hybridized carbons (Fsp3) is 0. The van der Waals surface area contributed by atoms with E-state index in [0.29, 0.717) is 17.5 Å². The van der Waals surface area contributed by atoms with Crippen molar-refractivity contribution in [2.75, 3.05) is 0 Å². The standard InChI is InChI=1S/C45H27N3O/c1-2-13-29(14-3-1)43-46-44(36-21-10-16-28-12-4-6-17-32(28)36)48-45(47-43)38-22-11-23-40-42(38)37-25-24-31(27-41(37)49-40)39-26-30-15-5-7-18-33(30)34-19-8-9-20-35(34)39/h1-27H. The molecule has 0 spiro atoms. The lowest BCUT2D eigenvalue weighted by molar-refractivity contribution is 0.669. The summed E-state index contributed by atoms with van der Waals surface area (Å²) in [6.45, 7) is 0. The molecule has 0 N–H and O–H groups in total. The molecule has 0 radical (unpaired) electrons. The topological polar surface area (TPSA) is 51.8 Å². The van der Waals surface area contributed by atoms with Gasteiger partial charge in [0.2, 0.25) is 0 Å². The van der Waals surface area contributed by atoms with Gasteiger partial charge in [-0.2, -0.15) is 0 Å². The molecule has 0 bridgehead atoms. The molecule has 0 fully saturated rings. The lowest BCUT2D eigenvalue weighted by Gasteiger charge is -2.11. The first-order valence-electron chi connectivity index (χ1n) is 16.4. The van der Waals surface area contributed by atoms with Crippen molar-refractivity contribution in [3.8, 4) is 45.3 Å². The molecule has 8 aromatic carbocycles. The van der Waals surface area contributed by atoms with E-state index in [1.807, 2.05) is 42.5 Å². The van der Waals surface area contributed by atoms with Gasteiger partial charge in [0.05, 0.1) is 0 Å². The molecule has 0 aliphatic carbocycles. The summed E-state index contributed by atoms with van der Waals surface area (Å²) in [6, 6.07) is 56.9. The van der Waals surface area contributed by atoms with Gasteiger partial charge in [0, 0.05) is 27.5 Å². The van der Waals surface area contributed by atoms with Gasteiger partial charge in [0.25, 0.3) is 0 Å². The molecule has 0 unspecified atom stereocenters. The maximum atomic E-state index is 6.59. The van der Waals surface area contributed by atoms with Gasteiger partial charge in [-0.15, -0.1) is 0 Å². The van der Waals surface area contributed by atoms with Crippen molar-refractivity contribution < 1.29 is 4.42 Å². The highest BCUT2D eigenvalue weighted by molar-refractivity contribution is 6.16. The van der Waals surface area contributed by atoms with E-state index >= 15 is 0 Å². The maximum absolute atomic E-state index is 6.59. The Morgan fingerprint density at radius 1 is 0.327 bits per heavy atom. The van der Waals surface area contributed by atoms with E-state index in [1.54, 1.807) is 0 Å². The van der Waals surface area contributed by atoms with Crippen LogP contribution >= 0.6 is 0 Å². The first-order chi connectivity index (χ1) is 24.3. The minimum atomic E-state index is 0.606. The highest BCUT2D eigenvalue weighted by Gasteiger charge is 2.19. The van der Waals surface area contributed by atoms with Crippen molar-refractivity contribution in [1.82, 2.24) is 15.0 Å². The smallest absolute Gasteiger partial charge is 0.164 e. The number of fused-ring (bicyclic) bond motifs is 7. The number of rotatable bonds is 4. The molecule has 2 aromatic heterocycles. The Morgan fingerprint density at radius 2 is 0.959 bits per heavy atom. The monoisotopic (exact) mass is 625 g/mol. The van der Waals surface area contributed by atoms with Crippen LogP contribution in [0.3, 0.4) is 0 Å². The molecular weight excluding hydrogens is 599 g/mol. The molecule has 4 nitrogen and oxygen atoms in total. The zero-order valence-electron chi connectivity index (χ0n) is 26.3. The van der Waals surface area contributed by atoms with Gasteiger partial charge in [-0.3, -0.25) is 0 Å². The predicted octanol–water partition coefficient (Wildman–Crippen LogP) is 11.9. The fourth-order valence-electron chi connectivity index (χ4n) is 7.23. The third-order valence-electron chi connectivity index (χ3n) is 9.51. The Balaban J connectivity index is 1.19. The number of furan rings is 1. The van der Waals surface area contributed by atoms with E-state index in [0.717, 1.165) is 55.0 Å². The second-order valence-corrected chi connectivity index (χ2v) is 12.4. The lowest BCUT2D eigenvalue weighted by Crippen LogP contribution is -2.00. The fourth-order valence-corrected chi connectivity index (χ4v) is 7.23. The third-order valence-corrected chi connectivity index (χ3v) is 9.51. The molecule has 0 amide bonds. The van der Waals surface area contributed by atoms with Crippen LogP contribution in [0.2, 0.25) is 0 Å². The average molecular weight is 626 g/mol. The molecule has 228 valence electrons. The predicted molar refractivity (Wildman–Crippen MR) is 201 cm³/mol. The quantitative estimate of drug-likeness (QED) is 0.183. The second-order valence-electron chi connectivity index (χ2n) is 12.4. The van der Waals surface area contributed by atoms with E-state index in [-0.39, 0.29) is 0 Å². The number of nitrogens with zero attached hydrogens (tertiary/aromatic N) is 3. The van der Waals surface area contributed by atoms with Gasteiger partial charge in [0.1, 0.15) is 11.2 Å². The van der Waals surface area contributed by atoms with Crippen LogP contribution in [0, 0.1) is 0 Å². The first-order valence-corrected chi connectivity index (χ1v) is 16.4. The molecule has 0 saturated carbocycles. The Labute approximate surface area is 282 Å². The third kappa shape index (κ3) is 4.49. The van der Waals surface area contributed by atoms with Crippen molar-refractivity contribution in [1.29, 1.82) is 0 Å². The normalized spacial score (nSPS) is 11.7. The number of benzene rings is 8. The van der Waals surface area contributed by atoms with Gasteiger partial charge >= 0.3 is 0 Å². The van der Waals surface area contributed by atoms with E-state index in [4.69, 9.17) is 19.4 Å². The van der Waals surface area contributed by atoms with Gasteiger partial charge in [-0.1, -0.05) is 140 Å². The van der Waals surface area contributed by atoms with Gasteiger partial charge in [-0.25, -0.2) is 15.0 Å². The summed E-state index contributed by atoms with van der Waals surface area (Å²) in [7, 11) is 0. The van der Waals surface area contributed by atoms with Crippen LogP contribution < -0.4 is 0 Å². The zero-order chi connectivity index (χ0) is 32.3. The van der Waals surface area contributed by atoms with E-state index in [9.17, 15) is 0 Å². The molecule has 0 aliphatic heterocycles. The van der Waals surface area contributed by atoms with Crippen molar-refractivity contribution in [2.45, 2.75) is 0 Å². The molecule has 49 heavy (non-hydrogen) atoms. The first kappa shape index (κ1) is 27.5. The van der Waals surface area contributed by atoms with Crippen LogP contribution in [-0.4, -0.2) is 15.0 Å². The summed E-state index contributed by atoms with van der Waals surface area (Å²) < 4.78 is 6.59. The molecule has 0 saturated heterocycles. The van der Waals surface area contributed by atoms with Gasteiger partial charge in [-0.05, 0) is 67.7 Å². The van der Waals surface area contributed by atoms with Crippen molar-refractivity contribution in [2.24, 2.45) is 0 Å². The summed E-state index contributed by atoms with van der Waals surface area (Å²) in [5.74, 6) is 1.87. The summed E-state index contributed by atoms with van der Waals surface area (Å²) in [6.07, 6.45) is 0. The van der Waals surface area contributed by atoms with E-state index in [1.165, 1.54) is 27.1 Å². The zero-order valence-corrected chi connectivity index (χ0v) is 26.3. The van der Waals surface area contributed by atoms with E-state index < -0.39 is 0 Å². The number of hydrogen-bond donors (Lipinski definition) is 0. The van der Waals surface area contributed by atoms with Crippen LogP contribution in [-0.2, 0) is 0 Å². The minimum Gasteiger partial charge on any atom is -0.456 e. The molecule has 2 heterocycles. The molecule has 0 aliphatic rings. The second kappa shape index (κ2) is 11.0. The molecule has 0 atom stereocenters. The van der Waals surface area contributed by atoms with Gasteiger partial charge < -0.3 is 4.42 Å². The van der Waals surface area contributed by atoms with Crippen LogP contribution in [0.25, 0.3) is 99.5 Å². The Morgan fingerprint density at radius 3 is 1.82 bits per heavy atom. The SMILES string of the molecule is c1ccc(-c2nc(-c3cccc4ccccc34)nc(-c3cccc4oc5cc(-c6cc7ccccc7c7ccccc67)ccc5c34)n2)cc1. The van der Waals surface area contributed by atoms with Crippen molar-refractivity contribution in [3.05, 3.63) is 164 Å². The molecular formula is C45H27N3O. The summed E-state index contributed by atoms with van der Waals surface area (Å²) in [5.41, 5.74) is 6.72. The van der Waals surface area contributed by atoms with Crippen molar-refractivity contribution >= 4 is 54.3 Å². The van der Waals surface area contributed by atoms with Crippen LogP contribution in [0.4, 0.5) is 0 Å². The van der Waals surface area contributed by atoms with Crippen LogP contribution in [0.5, 0.6) is 0 Å². The Kier molecular flexibility index (Phi) is 6.15. The molecule has 10 rings (SSSR count). The highest BCUT2D eigenvalue weighted by atomic mass is 16.3. The average Bonchev–Trinajstić information content (AvgIpc) is 3.56. The number of aromatic nitrogens is 3. The van der Waals surface area contributed by atoms with Gasteiger partial charge in [0.15, 0.2) is 17.5 Å². The highest BCUT2D eigenvalue weighted by Crippen LogP contribution is 2.41. The summed E-state index contributed by atoms with van der Waals surface area (Å²) in [4.78, 5) is 15.3. The Hall–Kier alpha value is -6.65. The lowest BCUT2D eigenvalue weighted by atomic mass is 9.93. The minimum absolute atomic E-state index is 0.606. The maximum Gasteiger partial charge on any atom is 0.164 e. The largest absolute Gasteiger partial charge is 0.456 e. The summed E-state index contributed by atoms with van der Waals surface area (Å²) >= 11 is 0. The molecule has 4 heteroatoms. The van der Waals surface area contributed by atoms with Crippen LogP contribution in [0.15, 0.2) is 168 Å². The Bertz CT molecular complexity index is 2890. The van der Waals surface area contributed by atoms with Crippen LogP contribution in [0.1, 0.15) is 0 Å². The summed E-state index contributed by atoms with van der Waals surface area (Å²) in [5, 5.41) is 9.18. The molecule has 10 aromatic rings. The van der Waals surface area contributed by atoms with Crippen molar-refractivity contribution in [3.63, 3.8) is 0 Å². The van der Waals surface area contributed by atoms with E-state index in [2.05, 4.69) is 121 Å².